The minimum Gasteiger partial charge on any atom is -0.493 e. The number of aromatic hydroxyl groups is 1. The fourth-order valence-electron chi connectivity index (χ4n) is 1.80. The van der Waals surface area contributed by atoms with E-state index in [0.717, 1.165) is 23.4 Å². The molecule has 0 saturated heterocycles. The van der Waals surface area contributed by atoms with Crippen molar-refractivity contribution in [3.8, 4) is 5.88 Å². The molecular formula is C13H16N2OS2. The average molecular weight is 280 g/mol. The van der Waals surface area contributed by atoms with Crippen LogP contribution in [0.15, 0.2) is 30.3 Å². The van der Waals surface area contributed by atoms with Gasteiger partial charge in [0.25, 0.3) is 0 Å². The molecule has 0 aliphatic rings. The first kappa shape index (κ1) is 13.2. The second kappa shape index (κ2) is 6.11. The number of hydrogen-bond donors (Lipinski definition) is 2. The maximum Gasteiger partial charge on any atom is 0.213 e. The number of H-pyrrole nitrogens is 1. The van der Waals surface area contributed by atoms with Crippen LogP contribution in [-0.2, 0) is 13.0 Å². The molecule has 0 amide bonds. The highest BCUT2D eigenvalue weighted by Gasteiger charge is 2.10. The third kappa shape index (κ3) is 2.97. The van der Waals surface area contributed by atoms with Crippen LogP contribution in [0.3, 0.4) is 0 Å². The van der Waals surface area contributed by atoms with E-state index in [-0.39, 0.29) is 5.88 Å². The highest BCUT2D eigenvalue weighted by atomic mass is 32.2. The quantitative estimate of drug-likeness (QED) is 0.826. The summed E-state index contributed by atoms with van der Waals surface area (Å²) in [7, 11) is 0. The van der Waals surface area contributed by atoms with Crippen molar-refractivity contribution in [2.45, 2.75) is 13.0 Å². The first-order valence-corrected chi connectivity index (χ1v) is 7.56. The van der Waals surface area contributed by atoms with Crippen molar-refractivity contribution >= 4 is 24.0 Å². The molecule has 1 aromatic heterocycles. The molecule has 0 spiro atoms. The number of aryl methyl sites for hydroxylation is 1. The normalized spacial score (nSPS) is 10.7. The van der Waals surface area contributed by atoms with Crippen molar-refractivity contribution in [3.05, 3.63) is 46.4 Å². The minimum absolute atomic E-state index is 0.262. The molecule has 5 heteroatoms. The SMILES string of the molecule is CSCCc1[nH]c(=S)n(Cc2ccccc2)c1O. The minimum atomic E-state index is 0.262. The van der Waals surface area contributed by atoms with Gasteiger partial charge in [0.2, 0.25) is 5.88 Å². The Morgan fingerprint density at radius 3 is 2.72 bits per heavy atom. The third-order valence-electron chi connectivity index (χ3n) is 2.77. The van der Waals surface area contributed by atoms with Gasteiger partial charge in [-0.05, 0) is 29.8 Å². The van der Waals surface area contributed by atoms with Crippen molar-refractivity contribution in [2.24, 2.45) is 0 Å². The molecule has 0 atom stereocenters. The molecule has 18 heavy (non-hydrogen) atoms. The van der Waals surface area contributed by atoms with Crippen LogP contribution < -0.4 is 0 Å². The van der Waals surface area contributed by atoms with Gasteiger partial charge in [-0.2, -0.15) is 11.8 Å². The molecule has 1 heterocycles. The molecule has 0 aliphatic heterocycles. The zero-order chi connectivity index (χ0) is 13.0. The zero-order valence-electron chi connectivity index (χ0n) is 10.2. The molecule has 0 bridgehead atoms. The van der Waals surface area contributed by atoms with E-state index in [0.29, 0.717) is 11.3 Å². The first-order valence-electron chi connectivity index (χ1n) is 5.76. The van der Waals surface area contributed by atoms with E-state index in [9.17, 15) is 5.11 Å². The Hall–Kier alpha value is -1.20. The second-order valence-corrected chi connectivity index (χ2v) is 5.42. The number of benzene rings is 1. The van der Waals surface area contributed by atoms with Gasteiger partial charge in [0, 0.05) is 6.42 Å². The number of nitrogens with zero attached hydrogens (tertiary/aromatic N) is 1. The van der Waals surface area contributed by atoms with Gasteiger partial charge >= 0.3 is 0 Å². The van der Waals surface area contributed by atoms with Crippen LogP contribution in [0.4, 0.5) is 0 Å². The van der Waals surface area contributed by atoms with Gasteiger partial charge in [0.05, 0.1) is 12.2 Å². The predicted octanol–water partition coefficient (Wildman–Crippen LogP) is 3.21. The Labute approximate surface area is 116 Å². The fourth-order valence-corrected chi connectivity index (χ4v) is 2.49. The van der Waals surface area contributed by atoms with E-state index in [1.165, 1.54) is 0 Å². The number of aromatic nitrogens is 2. The summed E-state index contributed by atoms with van der Waals surface area (Å²) < 4.78 is 2.31. The third-order valence-corrected chi connectivity index (χ3v) is 3.70. The van der Waals surface area contributed by atoms with Crippen LogP contribution in [0.2, 0.25) is 0 Å². The molecule has 0 fully saturated rings. The Morgan fingerprint density at radius 2 is 2.06 bits per heavy atom. The van der Waals surface area contributed by atoms with Crippen LogP contribution in [-0.4, -0.2) is 26.7 Å². The first-order chi connectivity index (χ1) is 8.72. The summed E-state index contributed by atoms with van der Waals surface area (Å²) in [5.41, 5.74) is 1.95. The molecule has 1 aromatic carbocycles. The molecule has 0 saturated carbocycles. The van der Waals surface area contributed by atoms with E-state index in [1.807, 2.05) is 36.6 Å². The summed E-state index contributed by atoms with van der Waals surface area (Å²) in [6, 6.07) is 9.99. The summed E-state index contributed by atoms with van der Waals surface area (Å²) in [6.07, 6.45) is 2.85. The zero-order valence-corrected chi connectivity index (χ0v) is 11.9. The molecule has 96 valence electrons. The number of rotatable bonds is 5. The van der Waals surface area contributed by atoms with Crippen molar-refractivity contribution < 1.29 is 5.11 Å². The standard InChI is InChI=1S/C13H16N2OS2/c1-18-8-7-11-12(16)15(13(17)14-11)9-10-5-3-2-4-6-10/h2-6,16H,7-9H2,1H3,(H,14,17). The van der Waals surface area contributed by atoms with Gasteiger partial charge in [-0.3, -0.25) is 4.57 Å². The van der Waals surface area contributed by atoms with Gasteiger partial charge in [-0.15, -0.1) is 0 Å². The largest absolute Gasteiger partial charge is 0.493 e. The molecular weight excluding hydrogens is 264 g/mol. The molecule has 0 unspecified atom stereocenters. The average Bonchev–Trinajstić information content (AvgIpc) is 2.65. The lowest BCUT2D eigenvalue weighted by atomic mass is 10.2. The maximum atomic E-state index is 10.2. The van der Waals surface area contributed by atoms with Gasteiger partial charge in [0.1, 0.15) is 0 Å². The predicted molar refractivity (Wildman–Crippen MR) is 78.9 cm³/mol. The Bertz CT molecular complexity index is 560. The molecule has 2 N–H and O–H groups in total. The summed E-state index contributed by atoms with van der Waals surface area (Å²) in [5, 5.41) is 10.2. The molecule has 0 aliphatic carbocycles. The van der Waals surface area contributed by atoms with Crippen LogP contribution in [0, 0.1) is 4.77 Å². The highest BCUT2D eigenvalue weighted by Crippen LogP contribution is 2.20. The summed E-state index contributed by atoms with van der Waals surface area (Å²) in [5.74, 6) is 1.23. The number of nitrogens with one attached hydrogen (secondary N) is 1. The van der Waals surface area contributed by atoms with Crippen LogP contribution in [0.5, 0.6) is 5.88 Å². The summed E-state index contributed by atoms with van der Waals surface area (Å²) in [6.45, 7) is 0.598. The molecule has 3 nitrogen and oxygen atoms in total. The summed E-state index contributed by atoms with van der Waals surface area (Å²) in [4.78, 5) is 3.08. The van der Waals surface area contributed by atoms with E-state index in [2.05, 4.69) is 4.98 Å². The lowest BCUT2D eigenvalue weighted by Crippen LogP contribution is -1.99. The van der Waals surface area contributed by atoms with Gasteiger partial charge < -0.3 is 10.1 Å². The van der Waals surface area contributed by atoms with Crippen molar-refractivity contribution in [1.29, 1.82) is 0 Å². The Balaban J connectivity index is 2.23. The Morgan fingerprint density at radius 1 is 1.33 bits per heavy atom. The molecule has 0 radical (unpaired) electrons. The monoisotopic (exact) mass is 280 g/mol. The fraction of sp³-hybridized carbons (Fsp3) is 0.308. The number of aromatic amines is 1. The van der Waals surface area contributed by atoms with E-state index >= 15 is 0 Å². The van der Waals surface area contributed by atoms with Crippen LogP contribution in [0.1, 0.15) is 11.3 Å². The van der Waals surface area contributed by atoms with Gasteiger partial charge in [0.15, 0.2) is 4.77 Å². The number of hydrogen-bond acceptors (Lipinski definition) is 3. The van der Waals surface area contributed by atoms with E-state index in [4.69, 9.17) is 12.2 Å². The van der Waals surface area contributed by atoms with Crippen LogP contribution >= 0.6 is 24.0 Å². The van der Waals surface area contributed by atoms with Gasteiger partial charge in [-0.1, -0.05) is 30.3 Å². The number of thioether (sulfide) groups is 1. The molecule has 2 aromatic rings. The van der Waals surface area contributed by atoms with Gasteiger partial charge in [-0.25, -0.2) is 0 Å². The summed E-state index contributed by atoms with van der Waals surface area (Å²) >= 11 is 7.00. The number of imidazole rings is 1. The lowest BCUT2D eigenvalue weighted by molar-refractivity contribution is 0.418. The van der Waals surface area contributed by atoms with Crippen molar-refractivity contribution in [3.63, 3.8) is 0 Å². The lowest BCUT2D eigenvalue weighted by Gasteiger charge is -2.04. The smallest absolute Gasteiger partial charge is 0.213 e. The van der Waals surface area contributed by atoms with Crippen molar-refractivity contribution in [2.75, 3.05) is 12.0 Å². The topological polar surface area (TPSA) is 41.0 Å². The van der Waals surface area contributed by atoms with Crippen LogP contribution in [0.25, 0.3) is 0 Å². The van der Waals surface area contributed by atoms with E-state index in [1.54, 1.807) is 16.3 Å². The van der Waals surface area contributed by atoms with E-state index < -0.39 is 0 Å². The highest BCUT2D eigenvalue weighted by molar-refractivity contribution is 7.98. The second-order valence-electron chi connectivity index (χ2n) is 4.05. The van der Waals surface area contributed by atoms with Crippen molar-refractivity contribution in [1.82, 2.24) is 9.55 Å². The molecule has 2 rings (SSSR count). The Kier molecular flexibility index (Phi) is 4.49. The maximum absolute atomic E-state index is 10.2.